The fourth-order valence-electron chi connectivity index (χ4n) is 0.965. The molecule has 0 heterocycles. The summed E-state index contributed by atoms with van der Waals surface area (Å²) in [5, 5.41) is 1.49. The molecule has 0 aliphatic carbocycles. The Kier molecular flexibility index (Phi) is 4.77. The van der Waals surface area contributed by atoms with Crippen molar-refractivity contribution >= 4 is 17.5 Å². The molecule has 3 nitrogen and oxygen atoms in total. The van der Waals surface area contributed by atoms with Gasteiger partial charge in [0.05, 0.1) is 5.02 Å². The van der Waals surface area contributed by atoms with Gasteiger partial charge >= 0.3 is 6.18 Å². The van der Waals surface area contributed by atoms with Gasteiger partial charge in [-0.3, -0.25) is 4.79 Å². The summed E-state index contributed by atoms with van der Waals surface area (Å²) in [7, 11) is 0. The van der Waals surface area contributed by atoms with E-state index >= 15 is 0 Å². The summed E-state index contributed by atoms with van der Waals surface area (Å²) >= 11 is 5.41. The fraction of sp³-hybridized carbons (Fsp3) is 0.300. The quantitative estimate of drug-likeness (QED) is 0.864. The van der Waals surface area contributed by atoms with E-state index in [0.29, 0.717) is 0 Å². The molecular formula is C10H8ClF4NO2. The van der Waals surface area contributed by atoms with Crippen molar-refractivity contribution in [1.29, 1.82) is 0 Å². The van der Waals surface area contributed by atoms with Gasteiger partial charge in [-0.15, -0.1) is 0 Å². The van der Waals surface area contributed by atoms with Crippen LogP contribution in [0.25, 0.3) is 0 Å². The summed E-state index contributed by atoms with van der Waals surface area (Å²) in [4.78, 5) is 11.0. The van der Waals surface area contributed by atoms with E-state index in [2.05, 4.69) is 0 Å². The van der Waals surface area contributed by atoms with Crippen LogP contribution in [-0.2, 0) is 4.79 Å². The summed E-state index contributed by atoms with van der Waals surface area (Å²) in [6.45, 7) is -2.08. The van der Waals surface area contributed by atoms with Gasteiger partial charge in [0, 0.05) is 6.07 Å². The highest BCUT2D eigenvalue weighted by Gasteiger charge is 2.27. The van der Waals surface area contributed by atoms with Crippen molar-refractivity contribution < 1.29 is 27.1 Å². The number of carbonyl (C=O) groups is 1. The second-order valence-electron chi connectivity index (χ2n) is 3.26. The highest BCUT2D eigenvalue weighted by Crippen LogP contribution is 2.20. The van der Waals surface area contributed by atoms with Crippen LogP contribution in [0.4, 0.5) is 17.6 Å². The third-order valence-corrected chi connectivity index (χ3v) is 2.05. The number of rotatable bonds is 4. The first-order valence-corrected chi connectivity index (χ1v) is 5.07. The molecule has 0 unspecified atom stereocenters. The number of alkyl halides is 3. The molecule has 100 valence electrons. The average molecular weight is 286 g/mol. The summed E-state index contributed by atoms with van der Waals surface area (Å²) in [6, 6.07) is 3.43. The molecule has 1 aromatic carbocycles. The third kappa shape index (κ3) is 5.22. The predicted molar refractivity (Wildman–Crippen MR) is 56.0 cm³/mol. The van der Waals surface area contributed by atoms with Crippen molar-refractivity contribution in [3.63, 3.8) is 0 Å². The molecule has 0 saturated heterocycles. The lowest BCUT2D eigenvalue weighted by Gasteiger charge is -2.09. The van der Waals surface area contributed by atoms with Gasteiger partial charge in [-0.1, -0.05) is 11.6 Å². The first-order valence-electron chi connectivity index (χ1n) is 4.69. The highest BCUT2D eigenvalue weighted by atomic mass is 35.5. The normalized spacial score (nSPS) is 11.2. The Morgan fingerprint density at radius 1 is 1.39 bits per heavy atom. The molecule has 0 atom stereocenters. The number of halogens is 5. The predicted octanol–water partition coefficient (Wildman–Crippen LogP) is 2.54. The smallest absolute Gasteiger partial charge is 0.405 e. The van der Waals surface area contributed by atoms with Gasteiger partial charge in [-0.25, -0.2) is 4.39 Å². The molecule has 1 amide bonds. The maximum atomic E-state index is 12.9. The monoisotopic (exact) mass is 285 g/mol. The molecule has 0 bridgehead atoms. The van der Waals surface area contributed by atoms with E-state index in [4.69, 9.17) is 16.3 Å². The number of nitrogens with one attached hydrogen (secondary N) is 1. The lowest BCUT2D eigenvalue weighted by atomic mass is 10.3. The third-order valence-electron chi connectivity index (χ3n) is 1.75. The zero-order chi connectivity index (χ0) is 13.8. The Morgan fingerprint density at radius 3 is 2.61 bits per heavy atom. The minimum Gasteiger partial charge on any atom is -0.484 e. The van der Waals surface area contributed by atoms with E-state index in [1.165, 1.54) is 12.1 Å². The summed E-state index contributed by atoms with van der Waals surface area (Å²) in [5.74, 6) is -1.70. The van der Waals surface area contributed by atoms with Crippen LogP contribution >= 0.6 is 11.6 Å². The summed E-state index contributed by atoms with van der Waals surface area (Å²) in [6.07, 6.45) is -4.48. The first kappa shape index (κ1) is 14.6. The highest BCUT2D eigenvalue weighted by molar-refractivity contribution is 6.30. The van der Waals surface area contributed by atoms with Crippen LogP contribution in [0.3, 0.4) is 0 Å². The van der Waals surface area contributed by atoms with Gasteiger partial charge in [0.2, 0.25) is 0 Å². The van der Waals surface area contributed by atoms with E-state index < -0.39 is 31.1 Å². The van der Waals surface area contributed by atoms with Crippen LogP contribution in [0, 0.1) is 5.82 Å². The molecule has 0 spiro atoms. The molecule has 1 rings (SSSR count). The van der Waals surface area contributed by atoms with Gasteiger partial charge in [-0.2, -0.15) is 13.2 Å². The van der Waals surface area contributed by atoms with Gasteiger partial charge in [0.25, 0.3) is 5.91 Å². The molecule has 0 fully saturated rings. The molecule has 0 aliphatic rings. The van der Waals surface area contributed by atoms with Gasteiger partial charge in [0.1, 0.15) is 18.1 Å². The number of benzene rings is 1. The van der Waals surface area contributed by atoms with Crippen molar-refractivity contribution in [1.82, 2.24) is 5.32 Å². The van der Waals surface area contributed by atoms with Crippen LogP contribution in [0.1, 0.15) is 0 Å². The maximum Gasteiger partial charge on any atom is 0.405 e. The van der Waals surface area contributed by atoms with E-state index in [0.717, 1.165) is 6.07 Å². The van der Waals surface area contributed by atoms with Crippen LogP contribution in [-0.4, -0.2) is 25.2 Å². The van der Waals surface area contributed by atoms with Crippen LogP contribution in [0.5, 0.6) is 5.75 Å². The zero-order valence-electron chi connectivity index (χ0n) is 8.85. The SMILES string of the molecule is O=C(COc1ccc(Cl)c(F)c1)NCC(F)(F)F. The van der Waals surface area contributed by atoms with E-state index in [9.17, 15) is 22.4 Å². The van der Waals surface area contributed by atoms with Crippen molar-refractivity contribution in [3.8, 4) is 5.75 Å². The van der Waals surface area contributed by atoms with Gasteiger partial charge in [-0.05, 0) is 12.1 Å². The number of ether oxygens (including phenoxy) is 1. The van der Waals surface area contributed by atoms with Crippen molar-refractivity contribution in [3.05, 3.63) is 29.0 Å². The second kappa shape index (κ2) is 5.90. The summed E-state index contributed by atoms with van der Waals surface area (Å²) < 4.78 is 53.0. The standard InChI is InChI=1S/C10H8ClF4NO2/c11-7-2-1-6(3-8(7)12)18-4-9(17)16-5-10(13,14)15/h1-3H,4-5H2,(H,16,17). The second-order valence-corrected chi connectivity index (χ2v) is 3.66. The van der Waals surface area contributed by atoms with E-state index in [1.54, 1.807) is 5.32 Å². The molecule has 0 aliphatic heterocycles. The number of carbonyl (C=O) groups excluding carboxylic acids is 1. The maximum absolute atomic E-state index is 12.9. The van der Waals surface area contributed by atoms with E-state index in [1.807, 2.05) is 0 Å². The van der Waals surface area contributed by atoms with Crippen molar-refractivity contribution in [2.75, 3.05) is 13.2 Å². The van der Waals surface area contributed by atoms with Crippen LogP contribution in [0.2, 0.25) is 5.02 Å². The summed E-state index contributed by atoms with van der Waals surface area (Å²) in [5.41, 5.74) is 0. The zero-order valence-corrected chi connectivity index (χ0v) is 9.61. The van der Waals surface area contributed by atoms with Crippen molar-refractivity contribution in [2.24, 2.45) is 0 Å². The Labute approximate surface area is 105 Å². The number of hydrogen-bond donors (Lipinski definition) is 1. The molecular weight excluding hydrogens is 278 g/mol. The van der Waals surface area contributed by atoms with Crippen LogP contribution in [0.15, 0.2) is 18.2 Å². The first-order chi connectivity index (χ1) is 8.28. The molecule has 1 aromatic rings. The largest absolute Gasteiger partial charge is 0.484 e. The molecule has 0 radical (unpaired) electrons. The Morgan fingerprint density at radius 2 is 2.06 bits per heavy atom. The molecule has 18 heavy (non-hydrogen) atoms. The molecule has 0 saturated carbocycles. The minimum atomic E-state index is -4.48. The number of hydrogen-bond acceptors (Lipinski definition) is 2. The topological polar surface area (TPSA) is 38.3 Å². The molecule has 8 heteroatoms. The van der Waals surface area contributed by atoms with Gasteiger partial charge < -0.3 is 10.1 Å². The Balaban J connectivity index is 2.40. The van der Waals surface area contributed by atoms with Gasteiger partial charge in [0.15, 0.2) is 6.61 Å². The fourth-order valence-corrected chi connectivity index (χ4v) is 1.08. The van der Waals surface area contributed by atoms with Crippen LogP contribution < -0.4 is 10.1 Å². The Bertz CT molecular complexity index is 436. The average Bonchev–Trinajstić information content (AvgIpc) is 2.27. The lowest BCUT2D eigenvalue weighted by Crippen LogP contribution is -2.36. The van der Waals surface area contributed by atoms with E-state index in [-0.39, 0.29) is 10.8 Å². The molecule has 1 N–H and O–H groups in total. The van der Waals surface area contributed by atoms with Crippen molar-refractivity contribution in [2.45, 2.75) is 6.18 Å². The minimum absolute atomic E-state index is 0.000872. The number of amides is 1. The lowest BCUT2D eigenvalue weighted by molar-refractivity contribution is -0.139. The Hall–Kier alpha value is -1.50. The molecule has 0 aromatic heterocycles.